The number of rotatable bonds is 4. The molecule has 102 valence electrons. The van der Waals surface area contributed by atoms with Crippen molar-refractivity contribution in [1.29, 1.82) is 0 Å². The van der Waals surface area contributed by atoms with Crippen LogP contribution in [-0.4, -0.2) is 22.1 Å². The van der Waals surface area contributed by atoms with Gasteiger partial charge in [-0.15, -0.1) is 0 Å². The quantitative estimate of drug-likeness (QED) is 0.761. The molecule has 0 unspecified atom stereocenters. The molecule has 0 saturated carbocycles. The lowest BCUT2D eigenvalue weighted by Gasteiger charge is -2.02. The average Bonchev–Trinajstić information content (AvgIpc) is 2.87. The zero-order chi connectivity index (χ0) is 13.9. The van der Waals surface area contributed by atoms with Crippen LogP contribution < -0.4 is 10.5 Å². The standard InChI is InChI=1S/C15H16N4O/c1-20-11-5-2-10(3-6-11)4-9-14-17-12-7-8-13(16)18-15(12)19-14/h2-3,5-8H,4,9H2,1H3,(H3,16,17,18,19). The minimum atomic E-state index is 0.491. The van der Waals surface area contributed by atoms with E-state index in [1.807, 2.05) is 18.2 Å². The first-order chi connectivity index (χ1) is 9.74. The molecule has 2 aromatic heterocycles. The van der Waals surface area contributed by atoms with E-state index >= 15 is 0 Å². The number of hydrogen-bond donors (Lipinski definition) is 2. The molecule has 20 heavy (non-hydrogen) atoms. The fraction of sp³-hybridized carbons (Fsp3) is 0.200. The van der Waals surface area contributed by atoms with Gasteiger partial charge < -0.3 is 15.5 Å². The molecular formula is C15H16N4O. The van der Waals surface area contributed by atoms with Gasteiger partial charge in [-0.25, -0.2) is 9.97 Å². The normalized spacial score (nSPS) is 10.8. The molecule has 0 amide bonds. The summed E-state index contributed by atoms with van der Waals surface area (Å²) >= 11 is 0. The van der Waals surface area contributed by atoms with Crippen LogP contribution in [0.3, 0.4) is 0 Å². The molecule has 0 aliphatic rings. The van der Waals surface area contributed by atoms with Crippen molar-refractivity contribution < 1.29 is 4.74 Å². The molecule has 0 radical (unpaired) electrons. The van der Waals surface area contributed by atoms with E-state index in [1.165, 1.54) is 5.56 Å². The van der Waals surface area contributed by atoms with Crippen molar-refractivity contribution in [3.63, 3.8) is 0 Å². The van der Waals surface area contributed by atoms with Gasteiger partial charge in [-0.3, -0.25) is 0 Å². The number of nitrogens with one attached hydrogen (secondary N) is 1. The summed E-state index contributed by atoms with van der Waals surface area (Å²) in [5.41, 5.74) is 8.49. The first kappa shape index (κ1) is 12.5. The Labute approximate surface area is 116 Å². The third-order valence-corrected chi connectivity index (χ3v) is 3.23. The highest BCUT2D eigenvalue weighted by atomic mass is 16.5. The highest BCUT2D eigenvalue weighted by molar-refractivity contribution is 5.72. The van der Waals surface area contributed by atoms with E-state index in [0.717, 1.165) is 29.9 Å². The Kier molecular flexibility index (Phi) is 3.25. The minimum absolute atomic E-state index is 0.491. The SMILES string of the molecule is COc1ccc(CCc2nc3nc(N)ccc3[nH]2)cc1. The van der Waals surface area contributed by atoms with Gasteiger partial charge in [0.25, 0.3) is 0 Å². The number of aromatic amines is 1. The zero-order valence-electron chi connectivity index (χ0n) is 11.3. The van der Waals surface area contributed by atoms with Gasteiger partial charge in [-0.2, -0.15) is 0 Å². The zero-order valence-corrected chi connectivity index (χ0v) is 11.3. The molecule has 5 nitrogen and oxygen atoms in total. The summed E-state index contributed by atoms with van der Waals surface area (Å²) in [5.74, 6) is 2.29. The van der Waals surface area contributed by atoms with Crippen molar-refractivity contribution in [2.75, 3.05) is 12.8 Å². The van der Waals surface area contributed by atoms with Gasteiger partial charge in [0.05, 0.1) is 12.6 Å². The smallest absolute Gasteiger partial charge is 0.179 e. The van der Waals surface area contributed by atoms with E-state index in [9.17, 15) is 0 Å². The number of fused-ring (bicyclic) bond motifs is 1. The Balaban J connectivity index is 1.72. The first-order valence-corrected chi connectivity index (χ1v) is 6.48. The van der Waals surface area contributed by atoms with E-state index in [2.05, 4.69) is 27.1 Å². The summed E-state index contributed by atoms with van der Waals surface area (Å²) in [6.45, 7) is 0. The molecule has 0 bridgehead atoms. The third-order valence-electron chi connectivity index (χ3n) is 3.23. The summed E-state index contributed by atoms with van der Waals surface area (Å²) in [7, 11) is 1.67. The van der Waals surface area contributed by atoms with E-state index < -0.39 is 0 Å². The lowest BCUT2D eigenvalue weighted by Crippen LogP contribution is -1.93. The molecule has 1 aromatic carbocycles. The van der Waals surface area contributed by atoms with Gasteiger partial charge in [0.2, 0.25) is 0 Å². The molecule has 0 aliphatic carbocycles. The largest absolute Gasteiger partial charge is 0.497 e. The van der Waals surface area contributed by atoms with Crippen LogP contribution in [-0.2, 0) is 12.8 Å². The van der Waals surface area contributed by atoms with E-state index in [1.54, 1.807) is 13.2 Å². The van der Waals surface area contributed by atoms with E-state index in [4.69, 9.17) is 10.5 Å². The van der Waals surface area contributed by atoms with Gasteiger partial charge >= 0.3 is 0 Å². The summed E-state index contributed by atoms with van der Waals surface area (Å²) in [4.78, 5) is 11.9. The Morgan fingerprint density at radius 1 is 1.05 bits per heavy atom. The monoisotopic (exact) mass is 268 g/mol. The number of nitrogens with two attached hydrogens (primary N) is 1. The number of imidazole rings is 1. The number of H-pyrrole nitrogens is 1. The Morgan fingerprint density at radius 3 is 2.60 bits per heavy atom. The predicted molar refractivity (Wildman–Crippen MR) is 78.7 cm³/mol. The van der Waals surface area contributed by atoms with Gasteiger partial charge in [0.15, 0.2) is 5.65 Å². The van der Waals surface area contributed by atoms with Crippen molar-refractivity contribution in [3.8, 4) is 5.75 Å². The maximum atomic E-state index is 5.65. The molecule has 0 fully saturated rings. The second-order valence-corrected chi connectivity index (χ2v) is 4.64. The van der Waals surface area contributed by atoms with Crippen LogP contribution in [0.15, 0.2) is 36.4 Å². The second kappa shape index (κ2) is 5.21. The molecule has 3 N–H and O–H groups in total. The van der Waals surface area contributed by atoms with Gasteiger partial charge in [-0.1, -0.05) is 12.1 Å². The lowest BCUT2D eigenvalue weighted by atomic mass is 10.1. The highest BCUT2D eigenvalue weighted by Crippen LogP contribution is 2.15. The minimum Gasteiger partial charge on any atom is -0.497 e. The third kappa shape index (κ3) is 2.56. The van der Waals surface area contributed by atoms with Crippen LogP contribution in [0.1, 0.15) is 11.4 Å². The highest BCUT2D eigenvalue weighted by Gasteiger charge is 2.04. The molecule has 3 rings (SSSR count). The van der Waals surface area contributed by atoms with Gasteiger partial charge in [0.1, 0.15) is 17.4 Å². The van der Waals surface area contributed by atoms with E-state index in [-0.39, 0.29) is 0 Å². The number of nitrogens with zero attached hydrogens (tertiary/aromatic N) is 2. The molecule has 5 heteroatoms. The summed E-state index contributed by atoms with van der Waals surface area (Å²) in [6, 6.07) is 11.7. The lowest BCUT2D eigenvalue weighted by molar-refractivity contribution is 0.414. The van der Waals surface area contributed by atoms with Crippen molar-refractivity contribution in [2.24, 2.45) is 0 Å². The first-order valence-electron chi connectivity index (χ1n) is 6.48. The Hall–Kier alpha value is -2.56. The maximum absolute atomic E-state index is 5.65. The number of nitrogen functional groups attached to an aromatic ring is 1. The molecule has 0 spiro atoms. The number of aromatic nitrogens is 3. The van der Waals surface area contributed by atoms with Crippen molar-refractivity contribution in [2.45, 2.75) is 12.8 Å². The molecule has 0 saturated heterocycles. The van der Waals surface area contributed by atoms with Crippen molar-refractivity contribution in [1.82, 2.24) is 15.0 Å². The predicted octanol–water partition coefficient (Wildman–Crippen LogP) is 2.33. The number of benzene rings is 1. The molecule has 0 atom stereocenters. The van der Waals surface area contributed by atoms with Crippen LogP contribution in [0.25, 0.3) is 11.2 Å². The van der Waals surface area contributed by atoms with Crippen LogP contribution >= 0.6 is 0 Å². The molecule has 0 aliphatic heterocycles. The number of pyridine rings is 1. The number of methoxy groups -OCH3 is 1. The Bertz CT molecular complexity index is 718. The number of ether oxygens (including phenoxy) is 1. The van der Waals surface area contributed by atoms with Crippen LogP contribution in [0.2, 0.25) is 0 Å². The average molecular weight is 268 g/mol. The fourth-order valence-corrected chi connectivity index (χ4v) is 2.13. The molecular weight excluding hydrogens is 252 g/mol. The molecule has 3 aromatic rings. The number of anilines is 1. The van der Waals surface area contributed by atoms with Crippen molar-refractivity contribution in [3.05, 3.63) is 47.8 Å². The van der Waals surface area contributed by atoms with Crippen molar-refractivity contribution >= 4 is 17.0 Å². The summed E-state index contributed by atoms with van der Waals surface area (Å²) < 4.78 is 5.14. The topological polar surface area (TPSA) is 76.8 Å². The van der Waals surface area contributed by atoms with Gasteiger partial charge in [-0.05, 0) is 36.2 Å². The molecule has 2 heterocycles. The number of hydrogen-bond acceptors (Lipinski definition) is 4. The van der Waals surface area contributed by atoms with Crippen LogP contribution in [0.5, 0.6) is 5.75 Å². The maximum Gasteiger partial charge on any atom is 0.179 e. The summed E-state index contributed by atoms with van der Waals surface area (Å²) in [6.07, 6.45) is 1.75. The fourth-order valence-electron chi connectivity index (χ4n) is 2.13. The Morgan fingerprint density at radius 2 is 1.85 bits per heavy atom. The van der Waals surface area contributed by atoms with E-state index in [0.29, 0.717) is 11.5 Å². The second-order valence-electron chi connectivity index (χ2n) is 4.64. The van der Waals surface area contributed by atoms with Crippen LogP contribution in [0.4, 0.5) is 5.82 Å². The summed E-state index contributed by atoms with van der Waals surface area (Å²) in [5, 5.41) is 0. The van der Waals surface area contributed by atoms with Gasteiger partial charge in [0, 0.05) is 6.42 Å². The van der Waals surface area contributed by atoms with Crippen LogP contribution in [0, 0.1) is 0 Å². The number of aryl methyl sites for hydroxylation is 2.